The van der Waals surface area contributed by atoms with E-state index in [2.05, 4.69) is 10.9 Å². The van der Waals surface area contributed by atoms with Crippen LogP contribution in [-0.4, -0.2) is 24.5 Å². The van der Waals surface area contributed by atoms with Crippen LogP contribution in [0.1, 0.15) is 6.92 Å². The summed E-state index contributed by atoms with van der Waals surface area (Å²) in [6.45, 7) is 1.13. The first kappa shape index (κ1) is 18.5. The lowest BCUT2D eigenvalue weighted by Crippen LogP contribution is -2.48. The van der Waals surface area contributed by atoms with Crippen molar-refractivity contribution >= 4 is 23.4 Å². The largest absolute Gasteiger partial charge is 0.484 e. The summed E-state index contributed by atoms with van der Waals surface area (Å²) in [5.41, 5.74) is 4.36. The van der Waals surface area contributed by atoms with Gasteiger partial charge in [0, 0.05) is 5.02 Å². The quantitative estimate of drug-likeness (QED) is 0.770. The molecule has 0 aliphatic heterocycles. The standard InChI is InChI=1S/C17H16ClFN2O4/c1-11(25-15-5-3-2-4-14(15)19)17(23)21-20-16(22)10-24-13-8-6-12(18)7-9-13/h2-9,11H,10H2,1H3,(H,20,22)(H,21,23). The Morgan fingerprint density at radius 3 is 2.48 bits per heavy atom. The molecule has 0 saturated heterocycles. The molecule has 6 nitrogen and oxygen atoms in total. The van der Waals surface area contributed by atoms with Crippen LogP contribution in [0, 0.1) is 5.82 Å². The summed E-state index contributed by atoms with van der Waals surface area (Å²) in [4.78, 5) is 23.5. The van der Waals surface area contributed by atoms with Crippen molar-refractivity contribution in [1.29, 1.82) is 0 Å². The van der Waals surface area contributed by atoms with Crippen LogP contribution in [0.2, 0.25) is 5.02 Å². The molecule has 132 valence electrons. The van der Waals surface area contributed by atoms with Crippen molar-refractivity contribution in [2.24, 2.45) is 0 Å². The van der Waals surface area contributed by atoms with Crippen LogP contribution in [0.4, 0.5) is 4.39 Å². The molecule has 0 aromatic heterocycles. The first-order chi connectivity index (χ1) is 12.0. The molecule has 0 saturated carbocycles. The van der Waals surface area contributed by atoms with E-state index >= 15 is 0 Å². The number of hydrogen-bond donors (Lipinski definition) is 2. The van der Waals surface area contributed by atoms with Crippen molar-refractivity contribution < 1.29 is 23.5 Å². The van der Waals surface area contributed by atoms with Gasteiger partial charge in [-0.3, -0.25) is 20.4 Å². The van der Waals surface area contributed by atoms with Crippen molar-refractivity contribution in [3.63, 3.8) is 0 Å². The first-order valence-corrected chi connectivity index (χ1v) is 7.72. The van der Waals surface area contributed by atoms with E-state index in [1.54, 1.807) is 30.3 Å². The van der Waals surface area contributed by atoms with E-state index in [1.807, 2.05) is 0 Å². The Kier molecular flexibility index (Phi) is 6.59. The number of carbonyl (C=O) groups excluding carboxylic acids is 2. The second-order valence-corrected chi connectivity index (χ2v) is 5.41. The third-order valence-corrected chi connectivity index (χ3v) is 3.27. The highest BCUT2D eigenvalue weighted by Crippen LogP contribution is 2.17. The molecule has 2 rings (SSSR count). The highest BCUT2D eigenvalue weighted by atomic mass is 35.5. The van der Waals surface area contributed by atoms with Gasteiger partial charge < -0.3 is 9.47 Å². The van der Waals surface area contributed by atoms with E-state index in [-0.39, 0.29) is 12.4 Å². The average Bonchev–Trinajstić information content (AvgIpc) is 2.61. The van der Waals surface area contributed by atoms with E-state index < -0.39 is 23.7 Å². The summed E-state index contributed by atoms with van der Waals surface area (Å²) in [6, 6.07) is 12.2. The predicted molar refractivity (Wildman–Crippen MR) is 89.7 cm³/mol. The Morgan fingerprint density at radius 1 is 1.12 bits per heavy atom. The first-order valence-electron chi connectivity index (χ1n) is 7.34. The molecule has 8 heteroatoms. The minimum absolute atomic E-state index is 0.0532. The minimum Gasteiger partial charge on any atom is -0.484 e. The lowest BCUT2D eigenvalue weighted by Gasteiger charge is -2.15. The van der Waals surface area contributed by atoms with Gasteiger partial charge in [-0.25, -0.2) is 4.39 Å². The molecule has 0 radical (unpaired) electrons. The van der Waals surface area contributed by atoms with Crippen molar-refractivity contribution in [2.75, 3.05) is 6.61 Å². The van der Waals surface area contributed by atoms with Gasteiger partial charge in [0.15, 0.2) is 24.3 Å². The average molecular weight is 367 g/mol. The van der Waals surface area contributed by atoms with Gasteiger partial charge in [0.1, 0.15) is 5.75 Å². The molecule has 1 unspecified atom stereocenters. The summed E-state index contributed by atoms with van der Waals surface area (Å²) in [5, 5.41) is 0.549. The van der Waals surface area contributed by atoms with Gasteiger partial charge in [-0.1, -0.05) is 23.7 Å². The number of hydrogen-bond acceptors (Lipinski definition) is 4. The number of amides is 2. The summed E-state index contributed by atoms with van der Waals surface area (Å²) in [5.74, 6) is -1.38. The van der Waals surface area contributed by atoms with Crippen LogP contribution in [0.25, 0.3) is 0 Å². The molecule has 0 aliphatic carbocycles. The van der Waals surface area contributed by atoms with Crippen LogP contribution in [0.15, 0.2) is 48.5 Å². The molecule has 0 bridgehead atoms. The maximum Gasteiger partial charge on any atom is 0.279 e. The second kappa shape index (κ2) is 8.89. The van der Waals surface area contributed by atoms with E-state index in [1.165, 1.54) is 25.1 Å². The number of carbonyl (C=O) groups is 2. The van der Waals surface area contributed by atoms with Gasteiger partial charge in [-0.15, -0.1) is 0 Å². The fourth-order valence-corrected chi connectivity index (χ4v) is 1.86. The lowest BCUT2D eigenvalue weighted by molar-refractivity contribution is -0.133. The van der Waals surface area contributed by atoms with Crippen molar-refractivity contribution in [3.05, 3.63) is 59.4 Å². The summed E-state index contributed by atoms with van der Waals surface area (Å²) < 4.78 is 23.9. The Bertz CT molecular complexity index is 740. The fraction of sp³-hybridized carbons (Fsp3) is 0.176. The van der Waals surface area contributed by atoms with E-state index in [9.17, 15) is 14.0 Å². The number of para-hydroxylation sites is 1. The fourth-order valence-electron chi connectivity index (χ4n) is 1.73. The van der Waals surface area contributed by atoms with Gasteiger partial charge in [-0.05, 0) is 43.3 Å². The van der Waals surface area contributed by atoms with E-state index in [0.717, 1.165) is 0 Å². The van der Waals surface area contributed by atoms with E-state index in [4.69, 9.17) is 21.1 Å². The zero-order valence-electron chi connectivity index (χ0n) is 13.3. The molecular formula is C17H16ClFN2O4. The van der Waals surface area contributed by atoms with Crippen LogP contribution in [0.5, 0.6) is 11.5 Å². The highest BCUT2D eigenvalue weighted by Gasteiger charge is 2.17. The molecule has 0 aliphatic rings. The van der Waals surface area contributed by atoms with Crippen LogP contribution in [0.3, 0.4) is 0 Å². The summed E-state index contributed by atoms with van der Waals surface area (Å²) in [6.07, 6.45) is -1.01. The summed E-state index contributed by atoms with van der Waals surface area (Å²) >= 11 is 5.74. The topological polar surface area (TPSA) is 76.7 Å². The zero-order valence-corrected chi connectivity index (χ0v) is 14.0. The Labute approximate surface area is 148 Å². The van der Waals surface area contributed by atoms with E-state index in [0.29, 0.717) is 10.8 Å². The van der Waals surface area contributed by atoms with Gasteiger partial charge in [0.2, 0.25) is 0 Å². The maximum atomic E-state index is 13.5. The Morgan fingerprint density at radius 2 is 1.80 bits per heavy atom. The minimum atomic E-state index is -1.01. The molecule has 25 heavy (non-hydrogen) atoms. The third kappa shape index (κ3) is 5.96. The molecule has 2 N–H and O–H groups in total. The van der Waals surface area contributed by atoms with Crippen molar-refractivity contribution in [3.8, 4) is 11.5 Å². The second-order valence-electron chi connectivity index (χ2n) is 4.97. The maximum absolute atomic E-state index is 13.5. The highest BCUT2D eigenvalue weighted by molar-refractivity contribution is 6.30. The van der Waals surface area contributed by atoms with Crippen molar-refractivity contribution in [2.45, 2.75) is 13.0 Å². The number of ether oxygens (including phenoxy) is 2. The monoisotopic (exact) mass is 366 g/mol. The smallest absolute Gasteiger partial charge is 0.279 e. The van der Waals surface area contributed by atoms with Crippen molar-refractivity contribution in [1.82, 2.24) is 10.9 Å². The SMILES string of the molecule is CC(Oc1ccccc1F)C(=O)NNC(=O)COc1ccc(Cl)cc1. The lowest BCUT2D eigenvalue weighted by atomic mass is 10.3. The number of rotatable bonds is 6. The Hall–Kier alpha value is -2.80. The molecule has 2 aromatic carbocycles. The molecule has 2 aromatic rings. The molecule has 0 spiro atoms. The Balaban J connectivity index is 1.74. The summed E-state index contributed by atoms with van der Waals surface area (Å²) in [7, 11) is 0. The molecule has 0 heterocycles. The number of benzene rings is 2. The molecular weight excluding hydrogens is 351 g/mol. The third-order valence-electron chi connectivity index (χ3n) is 3.02. The number of hydrazine groups is 1. The predicted octanol–water partition coefficient (Wildman–Crippen LogP) is 2.47. The number of nitrogens with one attached hydrogen (secondary N) is 2. The van der Waals surface area contributed by atoms with Gasteiger partial charge >= 0.3 is 0 Å². The zero-order chi connectivity index (χ0) is 18.2. The van der Waals surface area contributed by atoms with Crippen LogP contribution < -0.4 is 20.3 Å². The van der Waals surface area contributed by atoms with Gasteiger partial charge in [0.25, 0.3) is 11.8 Å². The van der Waals surface area contributed by atoms with Gasteiger partial charge in [0.05, 0.1) is 0 Å². The van der Waals surface area contributed by atoms with Crippen LogP contribution >= 0.6 is 11.6 Å². The number of halogens is 2. The van der Waals surface area contributed by atoms with Crippen LogP contribution in [-0.2, 0) is 9.59 Å². The normalized spacial score (nSPS) is 11.3. The molecule has 1 atom stereocenters. The molecule has 2 amide bonds. The molecule has 0 fully saturated rings. The van der Waals surface area contributed by atoms with Gasteiger partial charge in [-0.2, -0.15) is 0 Å².